The Balaban J connectivity index is 1.87. The first-order valence-electron chi connectivity index (χ1n) is 9.24. The highest BCUT2D eigenvalue weighted by Crippen LogP contribution is 2.31. The zero-order valence-corrected chi connectivity index (χ0v) is 19.1. The molecule has 0 atom stereocenters. The Morgan fingerprint density at radius 2 is 1.74 bits per heavy atom. The smallest absolute Gasteiger partial charge is 0.244 e. The number of nitrogens with two attached hydrogens (primary N) is 1. The molecular formula is C18H23N3O7S3. The number of sulfonamides is 3. The molecule has 0 bridgehead atoms. The highest BCUT2D eigenvalue weighted by molar-refractivity contribution is 7.92. The van der Waals surface area contributed by atoms with Crippen molar-refractivity contribution < 1.29 is 30.0 Å². The molecule has 13 heteroatoms. The fourth-order valence-corrected chi connectivity index (χ4v) is 6.51. The van der Waals surface area contributed by atoms with Gasteiger partial charge in [-0.3, -0.25) is 4.31 Å². The zero-order valence-electron chi connectivity index (χ0n) is 16.7. The van der Waals surface area contributed by atoms with Crippen LogP contribution < -0.4 is 18.9 Å². The minimum absolute atomic E-state index is 0.00782. The molecule has 3 rings (SSSR count). The number of benzene rings is 2. The van der Waals surface area contributed by atoms with Gasteiger partial charge in [0.05, 0.1) is 23.4 Å². The Hall–Kier alpha value is -2.19. The van der Waals surface area contributed by atoms with Gasteiger partial charge in [-0.2, -0.15) is 0 Å². The van der Waals surface area contributed by atoms with E-state index in [1.165, 1.54) is 53.9 Å². The summed E-state index contributed by atoms with van der Waals surface area (Å²) in [5, 5.41) is 5.05. The van der Waals surface area contributed by atoms with E-state index in [4.69, 9.17) is 9.88 Å². The molecule has 1 aliphatic heterocycles. The minimum atomic E-state index is -4.08. The summed E-state index contributed by atoms with van der Waals surface area (Å²) in [6.07, 6.45) is 1.24. The van der Waals surface area contributed by atoms with Crippen LogP contribution in [0, 0.1) is 0 Å². The molecule has 0 radical (unpaired) electrons. The summed E-state index contributed by atoms with van der Waals surface area (Å²) < 4.78 is 82.1. The minimum Gasteiger partial charge on any atom is -0.495 e. The summed E-state index contributed by atoms with van der Waals surface area (Å²) in [7, 11) is -10.1. The van der Waals surface area contributed by atoms with Crippen LogP contribution in [0.1, 0.15) is 18.4 Å². The molecule has 3 N–H and O–H groups in total. The van der Waals surface area contributed by atoms with E-state index in [1.807, 2.05) is 0 Å². The van der Waals surface area contributed by atoms with E-state index in [0.717, 1.165) is 0 Å². The van der Waals surface area contributed by atoms with E-state index in [1.54, 1.807) is 0 Å². The third-order valence-electron chi connectivity index (χ3n) is 4.79. The molecule has 1 fully saturated rings. The number of nitrogens with one attached hydrogen (secondary N) is 1. The van der Waals surface area contributed by atoms with Crippen LogP contribution in [-0.2, 0) is 36.6 Å². The number of anilines is 1. The van der Waals surface area contributed by atoms with Gasteiger partial charge in [0.25, 0.3) is 0 Å². The van der Waals surface area contributed by atoms with Gasteiger partial charge in [0.1, 0.15) is 10.6 Å². The fraction of sp³-hybridized carbons (Fsp3) is 0.333. The summed E-state index contributed by atoms with van der Waals surface area (Å²) in [5.74, 6) is 0.0728. The molecule has 0 unspecified atom stereocenters. The van der Waals surface area contributed by atoms with Gasteiger partial charge in [0.2, 0.25) is 30.1 Å². The van der Waals surface area contributed by atoms with Gasteiger partial charge in [-0.15, -0.1) is 0 Å². The lowest BCUT2D eigenvalue weighted by molar-refractivity contribution is 0.402. The van der Waals surface area contributed by atoms with Crippen LogP contribution in [0.5, 0.6) is 5.75 Å². The quantitative estimate of drug-likeness (QED) is 0.582. The zero-order chi connectivity index (χ0) is 22.9. The lowest BCUT2D eigenvalue weighted by atomic mass is 10.2. The van der Waals surface area contributed by atoms with Gasteiger partial charge in [0.15, 0.2) is 0 Å². The highest BCUT2D eigenvalue weighted by Gasteiger charge is 2.28. The molecule has 0 saturated carbocycles. The summed E-state index contributed by atoms with van der Waals surface area (Å²) >= 11 is 0. The average Bonchev–Trinajstić information content (AvgIpc) is 2.71. The van der Waals surface area contributed by atoms with Crippen molar-refractivity contribution in [1.82, 2.24) is 4.72 Å². The molecule has 1 heterocycles. The van der Waals surface area contributed by atoms with Crippen molar-refractivity contribution in [3.8, 4) is 5.75 Å². The van der Waals surface area contributed by atoms with Crippen LogP contribution >= 0.6 is 0 Å². The summed E-state index contributed by atoms with van der Waals surface area (Å²) in [5.41, 5.74) is 0.753. The molecule has 0 aromatic heterocycles. The van der Waals surface area contributed by atoms with Crippen molar-refractivity contribution in [3.05, 3.63) is 48.0 Å². The molecule has 1 saturated heterocycles. The van der Waals surface area contributed by atoms with E-state index >= 15 is 0 Å². The Morgan fingerprint density at radius 1 is 1.06 bits per heavy atom. The number of hydrogen-bond acceptors (Lipinski definition) is 7. The second kappa shape index (κ2) is 8.74. The molecular weight excluding hydrogens is 466 g/mol. The summed E-state index contributed by atoms with van der Waals surface area (Å²) in [4.78, 5) is -0.286. The van der Waals surface area contributed by atoms with Crippen LogP contribution in [0.25, 0.3) is 0 Å². The lowest BCUT2D eigenvalue weighted by Crippen LogP contribution is -2.38. The van der Waals surface area contributed by atoms with Crippen molar-refractivity contribution >= 4 is 35.8 Å². The molecule has 1 aliphatic rings. The Kier molecular flexibility index (Phi) is 6.62. The SMILES string of the molecule is COc1ccc(N2CCCCS2(=O)=O)cc1S(=O)(=O)NCc1ccc(S(N)(=O)=O)cc1. The largest absolute Gasteiger partial charge is 0.495 e. The second-order valence-corrected chi connectivity index (χ2v) is 12.3. The van der Waals surface area contributed by atoms with Crippen LogP contribution in [-0.4, -0.2) is 44.7 Å². The number of ether oxygens (including phenoxy) is 1. The van der Waals surface area contributed by atoms with Crippen LogP contribution in [0.3, 0.4) is 0 Å². The Morgan fingerprint density at radius 3 is 2.32 bits per heavy atom. The van der Waals surface area contributed by atoms with Gasteiger partial charge < -0.3 is 4.74 Å². The van der Waals surface area contributed by atoms with E-state index < -0.39 is 30.1 Å². The molecule has 2 aromatic carbocycles. The van der Waals surface area contributed by atoms with E-state index in [9.17, 15) is 25.3 Å². The second-order valence-electron chi connectivity index (χ2n) is 6.94. The van der Waals surface area contributed by atoms with E-state index in [-0.39, 0.29) is 40.1 Å². The third kappa shape index (κ3) is 5.36. The van der Waals surface area contributed by atoms with Crippen LogP contribution in [0.2, 0.25) is 0 Å². The molecule has 31 heavy (non-hydrogen) atoms. The predicted octanol–water partition coefficient (Wildman–Crippen LogP) is 0.751. The van der Waals surface area contributed by atoms with Gasteiger partial charge in [-0.05, 0) is 48.7 Å². The maximum absolute atomic E-state index is 12.9. The van der Waals surface area contributed by atoms with Crippen LogP contribution in [0.15, 0.2) is 52.3 Å². The van der Waals surface area contributed by atoms with Crippen molar-refractivity contribution in [2.45, 2.75) is 29.2 Å². The normalized spacial score (nSPS) is 16.8. The maximum atomic E-state index is 12.9. The standard InChI is InChI=1S/C18H23N3O7S3/c1-28-17-9-6-15(21-10-2-3-11-29(21,22)23)12-18(17)31(26,27)20-13-14-4-7-16(8-5-14)30(19,24)25/h4-9,12,20H,2-3,10-11,13H2,1H3,(H2,19,24,25). The maximum Gasteiger partial charge on any atom is 0.244 e. The Labute approximate surface area is 182 Å². The predicted molar refractivity (Wildman–Crippen MR) is 115 cm³/mol. The van der Waals surface area contributed by atoms with E-state index in [2.05, 4.69) is 4.72 Å². The first kappa shape index (κ1) is 23.5. The topological polar surface area (TPSA) is 153 Å². The molecule has 2 aromatic rings. The number of hydrogen-bond donors (Lipinski definition) is 2. The third-order valence-corrected chi connectivity index (χ3v) is 9.01. The Bertz CT molecular complexity index is 1270. The molecule has 0 aliphatic carbocycles. The van der Waals surface area contributed by atoms with Crippen LogP contribution in [0.4, 0.5) is 5.69 Å². The molecule has 0 spiro atoms. The van der Waals surface area contributed by atoms with Gasteiger partial charge in [0, 0.05) is 13.1 Å². The van der Waals surface area contributed by atoms with Gasteiger partial charge in [-0.25, -0.2) is 35.1 Å². The number of rotatable bonds is 7. The van der Waals surface area contributed by atoms with Crippen molar-refractivity contribution in [2.75, 3.05) is 23.7 Å². The first-order chi connectivity index (χ1) is 14.4. The monoisotopic (exact) mass is 489 g/mol. The van der Waals surface area contributed by atoms with Crippen molar-refractivity contribution in [1.29, 1.82) is 0 Å². The summed E-state index contributed by atoms with van der Waals surface area (Å²) in [6, 6.07) is 9.63. The van der Waals surface area contributed by atoms with E-state index in [0.29, 0.717) is 18.4 Å². The molecule has 0 amide bonds. The highest BCUT2D eigenvalue weighted by atomic mass is 32.2. The van der Waals surface area contributed by atoms with Gasteiger partial charge >= 0.3 is 0 Å². The number of primary sulfonamides is 1. The first-order valence-corrected chi connectivity index (χ1v) is 13.9. The van der Waals surface area contributed by atoms with Crippen molar-refractivity contribution in [3.63, 3.8) is 0 Å². The van der Waals surface area contributed by atoms with Gasteiger partial charge in [-0.1, -0.05) is 12.1 Å². The average molecular weight is 490 g/mol. The number of methoxy groups -OCH3 is 1. The molecule has 170 valence electrons. The van der Waals surface area contributed by atoms with Crippen molar-refractivity contribution in [2.24, 2.45) is 5.14 Å². The number of nitrogens with zero attached hydrogens (tertiary/aromatic N) is 1. The summed E-state index contributed by atoms with van der Waals surface area (Å²) in [6.45, 7) is 0.153. The lowest BCUT2D eigenvalue weighted by Gasteiger charge is -2.28. The molecule has 10 nitrogen and oxygen atoms in total. The fourth-order valence-electron chi connectivity index (χ4n) is 3.16.